The average Bonchev–Trinajstić information content (AvgIpc) is 2.48. The van der Waals surface area contributed by atoms with E-state index in [4.69, 9.17) is 10.8 Å². The minimum atomic E-state index is -2.13. The van der Waals surface area contributed by atoms with Gasteiger partial charge in [0.1, 0.15) is 14.1 Å². The molecule has 104 valence electrons. The van der Waals surface area contributed by atoms with Gasteiger partial charge >= 0.3 is 5.97 Å². The number of aliphatic carboxylic acids is 1. The Morgan fingerprint density at radius 1 is 1.05 bits per heavy atom. The Morgan fingerprint density at radius 3 is 1.80 bits per heavy atom. The van der Waals surface area contributed by atoms with Crippen LogP contribution in [0.1, 0.15) is 0 Å². The Kier molecular flexibility index (Phi) is 4.37. The molecule has 0 aliphatic carbocycles. The van der Waals surface area contributed by atoms with E-state index in [1.54, 1.807) is 0 Å². The minimum Gasteiger partial charge on any atom is -0.480 e. The third-order valence-electron chi connectivity index (χ3n) is 3.77. The van der Waals surface area contributed by atoms with Crippen LogP contribution < -0.4 is 16.1 Å². The van der Waals surface area contributed by atoms with Crippen LogP contribution in [0, 0.1) is 0 Å². The van der Waals surface area contributed by atoms with Crippen molar-refractivity contribution >= 4 is 24.4 Å². The number of carbonyl (C=O) groups is 1. The average molecular weight is 285 g/mol. The van der Waals surface area contributed by atoms with Crippen LogP contribution in [0.5, 0.6) is 0 Å². The fourth-order valence-corrected chi connectivity index (χ4v) is 6.26. The lowest BCUT2D eigenvalue weighted by Gasteiger charge is -2.30. The Labute approximate surface area is 120 Å². The zero-order valence-corrected chi connectivity index (χ0v) is 12.5. The molecular weight excluding hydrogens is 266 g/mol. The summed E-state index contributed by atoms with van der Waals surface area (Å²) in [6.45, 7) is 2.18. The predicted molar refractivity (Wildman–Crippen MR) is 84.2 cm³/mol. The molecule has 3 nitrogen and oxygen atoms in total. The molecule has 1 atom stereocenters. The zero-order valence-electron chi connectivity index (χ0n) is 11.5. The van der Waals surface area contributed by atoms with Crippen molar-refractivity contribution in [3.63, 3.8) is 0 Å². The molecule has 0 aliphatic rings. The van der Waals surface area contributed by atoms with Crippen LogP contribution in [0.15, 0.2) is 60.7 Å². The Hall–Kier alpha value is -1.91. The second-order valence-corrected chi connectivity index (χ2v) is 9.44. The second kappa shape index (κ2) is 6.03. The van der Waals surface area contributed by atoms with Crippen molar-refractivity contribution in [2.45, 2.75) is 18.6 Å². The molecule has 2 aromatic carbocycles. The molecular formula is C16H19NO2Si. The molecule has 20 heavy (non-hydrogen) atoms. The van der Waals surface area contributed by atoms with Gasteiger partial charge in [-0.3, -0.25) is 4.79 Å². The maximum absolute atomic E-state index is 11.1. The summed E-state index contributed by atoms with van der Waals surface area (Å²) in [5.74, 6) is -0.935. The maximum Gasteiger partial charge on any atom is 0.320 e. The number of rotatable bonds is 5. The summed E-state index contributed by atoms with van der Waals surface area (Å²) in [6, 6.07) is 19.9. The van der Waals surface area contributed by atoms with Gasteiger partial charge < -0.3 is 10.8 Å². The van der Waals surface area contributed by atoms with Crippen LogP contribution in [0.25, 0.3) is 0 Å². The van der Waals surface area contributed by atoms with Gasteiger partial charge in [0.2, 0.25) is 0 Å². The van der Waals surface area contributed by atoms with Crippen LogP contribution in [0.2, 0.25) is 12.6 Å². The molecule has 0 unspecified atom stereocenters. The third-order valence-corrected chi connectivity index (χ3v) is 8.24. The van der Waals surface area contributed by atoms with Gasteiger partial charge in [-0.25, -0.2) is 0 Å². The molecule has 0 aromatic heterocycles. The van der Waals surface area contributed by atoms with Crippen molar-refractivity contribution < 1.29 is 9.90 Å². The number of hydrogen-bond acceptors (Lipinski definition) is 2. The van der Waals surface area contributed by atoms with Gasteiger partial charge in [-0.1, -0.05) is 77.6 Å². The smallest absolute Gasteiger partial charge is 0.320 e. The molecule has 0 fully saturated rings. The first-order valence-electron chi connectivity index (χ1n) is 6.63. The SMILES string of the molecule is C[Si](C[C@H](N)C(=O)O)(c1ccccc1)c1ccccc1. The number of carboxylic acid groups (broad SMARTS) is 1. The standard InChI is InChI=1S/C16H19NO2Si/c1-20(12-15(17)16(18)19,13-8-4-2-5-9-13)14-10-6-3-7-11-14/h2-11,15H,12,17H2,1H3,(H,18,19)/t15-/m0/s1. The summed E-state index contributed by atoms with van der Waals surface area (Å²) in [6.07, 6.45) is 0. The molecule has 0 saturated heterocycles. The molecule has 0 amide bonds. The largest absolute Gasteiger partial charge is 0.480 e. The van der Waals surface area contributed by atoms with Crippen molar-refractivity contribution in [2.75, 3.05) is 0 Å². The first-order valence-corrected chi connectivity index (χ1v) is 9.34. The van der Waals surface area contributed by atoms with Gasteiger partial charge in [-0.15, -0.1) is 0 Å². The normalized spacial score (nSPS) is 12.9. The van der Waals surface area contributed by atoms with Crippen molar-refractivity contribution in [2.24, 2.45) is 5.73 Å². The maximum atomic E-state index is 11.1. The highest BCUT2D eigenvalue weighted by Gasteiger charge is 2.35. The fraction of sp³-hybridized carbons (Fsp3) is 0.188. The van der Waals surface area contributed by atoms with Crippen molar-refractivity contribution in [1.29, 1.82) is 0 Å². The molecule has 2 aromatic rings. The number of carboxylic acids is 1. The van der Waals surface area contributed by atoms with E-state index in [0.717, 1.165) is 0 Å². The van der Waals surface area contributed by atoms with E-state index in [1.165, 1.54) is 10.4 Å². The summed E-state index contributed by atoms with van der Waals surface area (Å²) in [4.78, 5) is 11.1. The number of benzene rings is 2. The Bertz CT molecular complexity index is 532. The van der Waals surface area contributed by atoms with Crippen LogP contribution in [0.4, 0.5) is 0 Å². The third kappa shape index (κ3) is 2.97. The van der Waals surface area contributed by atoms with E-state index >= 15 is 0 Å². The highest BCUT2D eigenvalue weighted by molar-refractivity contribution is 7.01. The lowest BCUT2D eigenvalue weighted by Crippen LogP contribution is -2.59. The molecule has 4 heteroatoms. The second-order valence-electron chi connectivity index (χ2n) is 5.21. The Morgan fingerprint density at radius 2 is 1.45 bits per heavy atom. The van der Waals surface area contributed by atoms with E-state index in [9.17, 15) is 4.79 Å². The van der Waals surface area contributed by atoms with E-state index in [-0.39, 0.29) is 0 Å². The van der Waals surface area contributed by atoms with Gasteiger partial charge in [-0.05, 0) is 6.04 Å². The molecule has 2 rings (SSSR count). The first-order chi connectivity index (χ1) is 9.54. The lowest BCUT2D eigenvalue weighted by atomic mass is 10.3. The number of hydrogen-bond donors (Lipinski definition) is 2. The van der Waals surface area contributed by atoms with Gasteiger partial charge in [0.15, 0.2) is 0 Å². The zero-order chi connectivity index (χ0) is 14.6. The highest BCUT2D eigenvalue weighted by Crippen LogP contribution is 2.13. The summed E-state index contributed by atoms with van der Waals surface area (Å²) in [7, 11) is -2.13. The van der Waals surface area contributed by atoms with Gasteiger partial charge in [0.05, 0.1) is 0 Å². The van der Waals surface area contributed by atoms with E-state index < -0.39 is 20.1 Å². The molecule has 0 radical (unpaired) electrons. The minimum absolute atomic E-state index is 0.496. The van der Waals surface area contributed by atoms with Crippen LogP contribution in [-0.2, 0) is 4.79 Å². The lowest BCUT2D eigenvalue weighted by molar-refractivity contribution is -0.138. The summed E-state index contributed by atoms with van der Waals surface area (Å²) >= 11 is 0. The summed E-state index contributed by atoms with van der Waals surface area (Å²) < 4.78 is 0. The van der Waals surface area contributed by atoms with Crippen molar-refractivity contribution in [1.82, 2.24) is 0 Å². The van der Waals surface area contributed by atoms with E-state index in [1.807, 2.05) is 36.4 Å². The fourth-order valence-electron chi connectivity index (χ4n) is 2.54. The molecule has 0 saturated carbocycles. The van der Waals surface area contributed by atoms with Crippen molar-refractivity contribution in [3.8, 4) is 0 Å². The highest BCUT2D eigenvalue weighted by atomic mass is 28.3. The summed E-state index contributed by atoms with van der Waals surface area (Å²) in [5.41, 5.74) is 5.81. The van der Waals surface area contributed by atoms with Gasteiger partial charge in [0.25, 0.3) is 0 Å². The predicted octanol–water partition coefficient (Wildman–Crippen LogP) is 1.29. The molecule has 0 bridgehead atoms. The topological polar surface area (TPSA) is 63.3 Å². The monoisotopic (exact) mass is 285 g/mol. The molecule has 3 N–H and O–H groups in total. The molecule has 0 aliphatic heterocycles. The van der Waals surface area contributed by atoms with Crippen LogP contribution in [0.3, 0.4) is 0 Å². The van der Waals surface area contributed by atoms with Crippen LogP contribution >= 0.6 is 0 Å². The quantitative estimate of drug-likeness (QED) is 0.814. The Balaban J connectivity index is 2.46. The number of nitrogens with two attached hydrogens (primary N) is 1. The first kappa shape index (κ1) is 14.5. The summed E-state index contributed by atoms with van der Waals surface area (Å²) in [5, 5.41) is 11.6. The van der Waals surface area contributed by atoms with E-state index in [2.05, 4.69) is 30.8 Å². The molecule has 0 spiro atoms. The van der Waals surface area contributed by atoms with E-state index in [0.29, 0.717) is 6.04 Å². The van der Waals surface area contributed by atoms with Gasteiger partial charge in [0, 0.05) is 0 Å². The van der Waals surface area contributed by atoms with Gasteiger partial charge in [-0.2, -0.15) is 0 Å². The van der Waals surface area contributed by atoms with Crippen molar-refractivity contribution in [3.05, 3.63) is 60.7 Å². The molecule has 0 heterocycles. The van der Waals surface area contributed by atoms with Crippen LogP contribution in [-0.4, -0.2) is 25.2 Å².